The van der Waals surface area contributed by atoms with Gasteiger partial charge < -0.3 is 4.90 Å². The lowest BCUT2D eigenvalue weighted by atomic mass is 10.0. The number of nitrogens with one attached hydrogen (secondary N) is 1. The van der Waals surface area contributed by atoms with Gasteiger partial charge in [-0.1, -0.05) is 13.0 Å². The van der Waals surface area contributed by atoms with E-state index in [9.17, 15) is 14.4 Å². The lowest BCUT2D eigenvalue weighted by molar-refractivity contribution is -0.136. The van der Waals surface area contributed by atoms with Gasteiger partial charge in [0.15, 0.2) is 0 Å². The molecule has 3 amide bonds. The number of carbonyl (C=O) groups excluding carboxylic acids is 3. The summed E-state index contributed by atoms with van der Waals surface area (Å²) in [4.78, 5) is 40.0. The fourth-order valence-electron chi connectivity index (χ4n) is 3.77. The van der Waals surface area contributed by atoms with Crippen LogP contribution in [0.3, 0.4) is 0 Å². The molecule has 120 valence electrons. The normalized spacial score (nSPS) is 24.0. The quantitative estimate of drug-likeness (QED) is 0.819. The number of carbonyl (C=O) groups is 3. The third-order valence-corrected chi connectivity index (χ3v) is 5.08. The molecule has 1 saturated heterocycles. The Bertz CT molecular complexity index is 728. The number of hydrogen-bond acceptors (Lipinski definition) is 4. The molecule has 0 saturated carbocycles. The fourth-order valence-corrected chi connectivity index (χ4v) is 3.77. The van der Waals surface area contributed by atoms with Crippen molar-refractivity contribution < 1.29 is 14.4 Å². The molecule has 3 heterocycles. The maximum atomic E-state index is 12.7. The van der Waals surface area contributed by atoms with E-state index in [-0.39, 0.29) is 17.7 Å². The highest BCUT2D eigenvalue weighted by Crippen LogP contribution is 2.33. The molecule has 6 heteroatoms. The highest BCUT2D eigenvalue weighted by molar-refractivity contribution is 6.05. The zero-order valence-electron chi connectivity index (χ0n) is 13.1. The van der Waals surface area contributed by atoms with Gasteiger partial charge in [0.2, 0.25) is 11.8 Å². The second kappa shape index (κ2) is 5.16. The first-order valence-electron chi connectivity index (χ1n) is 8.08. The van der Waals surface area contributed by atoms with Crippen LogP contribution in [0, 0.1) is 0 Å². The second-order valence-corrected chi connectivity index (χ2v) is 6.48. The van der Waals surface area contributed by atoms with E-state index < -0.39 is 6.04 Å². The molecule has 0 bridgehead atoms. The molecule has 0 aromatic heterocycles. The Labute approximate surface area is 134 Å². The van der Waals surface area contributed by atoms with Gasteiger partial charge in [-0.15, -0.1) is 0 Å². The Morgan fingerprint density at radius 2 is 1.83 bits per heavy atom. The summed E-state index contributed by atoms with van der Waals surface area (Å²) in [6.07, 6.45) is 0.701. The molecule has 3 aliphatic rings. The molecule has 0 radical (unpaired) electrons. The molecule has 3 aliphatic heterocycles. The minimum absolute atomic E-state index is 0.0905. The van der Waals surface area contributed by atoms with Gasteiger partial charge in [0.1, 0.15) is 6.04 Å². The van der Waals surface area contributed by atoms with Gasteiger partial charge in [0.25, 0.3) is 5.91 Å². The van der Waals surface area contributed by atoms with E-state index in [0.29, 0.717) is 24.9 Å². The van der Waals surface area contributed by atoms with Crippen LogP contribution in [0.4, 0.5) is 0 Å². The van der Waals surface area contributed by atoms with Gasteiger partial charge in [-0.05, 0) is 35.7 Å². The Morgan fingerprint density at radius 1 is 1.09 bits per heavy atom. The first-order valence-corrected chi connectivity index (χ1v) is 8.08. The lowest BCUT2D eigenvalue weighted by Gasteiger charge is -2.29. The zero-order chi connectivity index (χ0) is 16.1. The van der Waals surface area contributed by atoms with Gasteiger partial charge in [-0.25, -0.2) is 0 Å². The highest BCUT2D eigenvalue weighted by Gasteiger charge is 2.39. The summed E-state index contributed by atoms with van der Waals surface area (Å²) in [7, 11) is 0. The molecule has 23 heavy (non-hydrogen) atoms. The van der Waals surface area contributed by atoms with Crippen molar-refractivity contribution in [3.63, 3.8) is 0 Å². The number of imide groups is 1. The van der Waals surface area contributed by atoms with Crippen molar-refractivity contribution in [2.45, 2.75) is 45.4 Å². The predicted molar refractivity (Wildman–Crippen MR) is 82.3 cm³/mol. The number of hydrogen-bond donors (Lipinski definition) is 1. The van der Waals surface area contributed by atoms with E-state index in [1.807, 2.05) is 6.07 Å². The molecule has 0 aliphatic carbocycles. The first-order chi connectivity index (χ1) is 11.1. The van der Waals surface area contributed by atoms with Crippen molar-refractivity contribution in [3.05, 3.63) is 34.4 Å². The molecular formula is C17H19N3O3. The second-order valence-electron chi connectivity index (χ2n) is 6.48. The van der Waals surface area contributed by atoms with Crippen molar-refractivity contribution in [1.82, 2.24) is 15.1 Å². The van der Waals surface area contributed by atoms with Crippen molar-refractivity contribution in [1.29, 1.82) is 0 Å². The summed E-state index contributed by atoms with van der Waals surface area (Å²) in [6, 6.07) is 3.58. The van der Waals surface area contributed by atoms with Crippen LogP contribution in [-0.4, -0.2) is 40.1 Å². The highest BCUT2D eigenvalue weighted by atomic mass is 16.2. The summed E-state index contributed by atoms with van der Waals surface area (Å²) in [5.41, 5.74) is 4.20. The molecule has 1 N–H and O–H groups in total. The monoisotopic (exact) mass is 313 g/mol. The lowest BCUT2D eigenvalue weighted by Crippen LogP contribution is -2.52. The Kier molecular flexibility index (Phi) is 3.23. The maximum Gasteiger partial charge on any atom is 0.255 e. The number of piperidine rings is 1. The first kappa shape index (κ1) is 14.4. The molecule has 4 rings (SSSR count). The fraction of sp³-hybridized carbons (Fsp3) is 0.471. The molecule has 0 spiro atoms. The van der Waals surface area contributed by atoms with E-state index >= 15 is 0 Å². The van der Waals surface area contributed by atoms with Crippen molar-refractivity contribution in [2.24, 2.45) is 0 Å². The third-order valence-electron chi connectivity index (χ3n) is 5.08. The number of fused-ring (bicyclic) bond motifs is 2. The third kappa shape index (κ3) is 2.25. The van der Waals surface area contributed by atoms with Crippen LogP contribution in [0.15, 0.2) is 12.1 Å². The number of benzene rings is 1. The minimum Gasteiger partial charge on any atom is -0.322 e. The van der Waals surface area contributed by atoms with E-state index in [1.54, 1.807) is 4.90 Å². The van der Waals surface area contributed by atoms with Gasteiger partial charge in [0, 0.05) is 31.6 Å². The van der Waals surface area contributed by atoms with Crippen LogP contribution in [0.25, 0.3) is 0 Å². The standard InChI is InChI=1S/C17H19N3O3/c1-2-19-7-10-5-12-9-20(14-3-4-15(21)18-16(14)22)17(23)13(12)6-11(10)8-19/h5-6,14H,2-4,7-9H2,1H3,(H,18,21,22). The average molecular weight is 313 g/mol. The Hall–Kier alpha value is -2.21. The van der Waals surface area contributed by atoms with Gasteiger partial charge >= 0.3 is 0 Å². The van der Waals surface area contributed by atoms with Crippen LogP contribution in [-0.2, 0) is 29.2 Å². The molecule has 1 aromatic rings. The Morgan fingerprint density at radius 3 is 2.52 bits per heavy atom. The van der Waals surface area contributed by atoms with Crippen molar-refractivity contribution >= 4 is 17.7 Å². The van der Waals surface area contributed by atoms with Gasteiger partial charge in [0.05, 0.1) is 0 Å². The van der Waals surface area contributed by atoms with Gasteiger partial charge in [-0.3, -0.25) is 24.6 Å². The number of rotatable bonds is 2. The summed E-state index contributed by atoms with van der Waals surface area (Å²) >= 11 is 0. The van der Waals surface area contributed by atoms with E-state index in [2.05, 4.69) is 23.2 Å². The summed E-state index contributed by atoms with van der Waals surface area (Å²) < 4.78 is 0. The van der Waals surface area contributed by atoms with Crippen LogP contribution in [0.2, 0.25) is 0 Å². The van der Waals surface area contributed by atoms with Crippen LogP contribution in [0.5, 0.6) is 0 Å². The molecule has 1 fully saturated rings. The smallest absolute Gasteiger partial charge is 0.255 e. The SMILES string of the molecule is CCN1Cc2cc3c(cc2C1)C(=O)N(C1CCC(=O)NC1=O)C3. The number of nitrogens with zero attached hydrogens (tertiary/aromatic N) is 2. The topological polar surface area (TPSA) is 69.7 Å². The minimum atomic E-state index is -0.533. The molecule has 1 aromatic carbocycles. The largest absolute Gasteiger partial charge is 0.322 e. The van der Waals surface area contributed by atoms with Crippen LogP contribution >= 0.6 is 0 Å². The predicted octanol–water partition coefficient (Wildman–Crippen LogP) is 0.783. The molecule has 6 nitrogen and oxygen atoms in total. The van der Waals surface area contributed by atoms with E-state index in [1.165, 1.54) is 11.1 Å². The van der Waals surface area contributed by atoms with Crippen LogP contribution < -0.4 is 5.32 Å². The summed E-state index contributed by atoms with van der Waals surface area (Å²) in [6.45, 7) is 5.39. The summed E-state index contributed by atoms with van der Waals surface area (Å²) in [5.74, 6) is -0.701. The average Bonchev–Trinajstić information content (AvgIpc) is 3.06. The van der Waals surface area contributed by atoms with Gasteiger partial charge in [-0.2, -0.15) is 0 Å². The Balaban J connectivity index is 1.60. The molecule has 1 atom stereocenters. The van der Waals surface area contributed by atoms with E-state index in [4.69, 9.17) is 0 Å². The summed E-state index contributed by atoms with van der Waals surface area (Å²) in [5, 5.41) is 2.33. The number of amides is 3. The molecular weight excluding hydrogens is 294 g/mol. The van der Waals surface area contributed by atoms with Crippen molar-refractivity contribution in [2.75, 3.05) is 6.54 Å². The van der Waals surface area contributed by atoms with E-state index in [0.717, 1.165) is 25.2 Å². The van der Waals surface area contributed by atoms with Crippen LogP contribution in [0.1, 0.15) is 46.8 Å². The maximum absolute atomic E-state index is 12.7. The van der Waals surface area contributed by atoms with Crippen molar-refractivity contribution in [3.8, 4) is 0 Å². The molecule has 1 unspecified atom stereocenters. The zero-order valence-corrected chi connectivity index (χ0v) is 13.1.